The maximum atomic E-state index is 12.0. The zero-order chi connectivity index (χ0) is 13.7. The first kappa shape index (κ1) is 14.3. The third kappa shape index (κ3) is 4.18. The van der Waals surface area contributed by atoms with Gasteiger partial charge < -0.3 is 10.2 Å². The summed E-state index contributed by atoms with van der Waals surface area (Å²) in [6, 6.07) is 3.42. The number of aryl methyl sites for hydroxylation is 1. The summed E-state index contributed by atoms with van der Waals surface area (Å²) in [5.41, 5.74) is 1.44. The number of nitrogens with zero attached hydrogens (tertiary/aromatic N) is 2. The molecule has 0 saturated carbocycles. The van der Waals surface area contributed by atoms with Crippen LogP contribution in [0.25, 0.3) is 0 Å². The van der Waals surface area contributed by atoms with E-state index in [-0.39, 0.29) is 5.91 Å². The van der Waals surface area contributed by atoms with Crippen molar-refractivity contribution in [2.75, 3.05) is 26.2 Å². The van der Waals surface area contributed by atoms with E-state index in [1.807, 2.05) is 6.92 Å². The number of hydrogen-bond acceptors (Lipinski definition) is 3. The molecule has 0 radical (unpaired) electrons. The first-order valence-corrected chi connectivity index (χ1v) is 7.24. The van der Waals surface area contributed by atoms with Gasteiger partial charge in [0, 0.05) is 24.3 Å². The zero-order valence-corrected chi connectivity index (χ0v) is 12.0. The van der Waals surface area contributed by atoms with Crippen molar-refractivity contribution in [2.24, 2.45) is 0 Å². The van der Waals surface area contributed by atoms with E-state index >= 15 is 0 Å². The summed E-state index contributed by atoms with van der Waals surface area (Å²) in [5.74, 6) is -0.0711. The van der Waals surface area contributed by atoms with Crippen LogP contribution in [-0.4, -0.2) is 42.0 Å². The average molecular weight is 282 g/mol. The van der Waals surface area contributed by atoms with Gasteiger partial charge in [0.25, 0.3) is 5.91 Å². The van der Waals surface area contributed by atoms with Crippen molar-refractivity contribution in [3.8, 4) is 0 Å². The van der Waals surface area contributed by atoms with E-state index in [4.69, 9.17) is 11.6 Å². The van der Waals surface area contributed by atoms with Crippen LogP contribution in [0.3, 0.4) is 0 Å². The Kier molecular flexibility index (Phi) is 5.16. The van der Waals surface area contributed by atoms with Gasteiger partial charge in [-0.15, -0.1) is 0 Å². The monoisotopic (exact) mass is 281 g/mol. The molecule has 0 aromatic carbocycles. The molecule has 1 fully saturated rings. The second kappa shape index (κ2) is 6.87. The van der Waals surface area contributed by atoms with Gasteiger partial charge in [-0.3, -0.25) is 4.79 Å². The normalized spacial score (nSPS) is 15.7. The van der Waals surface area contributed by atoms with Gasteiger partial charge in [0.15, 0.2) is 0 Å². The van der Waals surface area contributed by atoms with Crippen molar-refractivity contribution in [2.45, 2.75) is 26.2 Å². The Labute approximate surface area is 119 Å². The second-order valence-electron chi connectivity index (χ2n) is 4.83. The molecule has 0 spiro atoms. The molecular weight excluding hydrogens is 262 g/mol. The van der Waals surface area contributed by atoms with Gasteiger partial charge in [0.05, 0.1) is 0 Å². The quantitative estimate of drug-likeness (QED) is 0.841. The number of amides is 1. The highest BCUT2D eigenvalue weighted by Gasteiger charge is 2.12. The Hall–Kier alpha value is -1.13. The minimum Gasteiger partial charge on any atom is -0.351 e. The van der Waals surface area contributed by atoms with Crippen LogP contribution in [0.1, 0.15) is 35.8 Å². The Bertz CT molecular complexity index is 444. The number of hydrogen-bond donors (Lipinski definition) is 1. The lowest BCUT2D eigenvalue weighted by atomic mass is 10.2. The molecule has 0 atom stereocenters. The number of carbonyl (C=O) groups excluding carboxylic acids is 1. The summed E-state index contributed by atoms with van der Waals surface area (Å²) in [6.45, 7) is 5.90. The van der Waals surface area contributed by atoms with Crippen molar-refractivity contribution < 1.29 is 4.79 Å². The largest absolute Gasteiger partial charge is 0.351 e. The third-order valence-corrected chi connectivity index (χ3v) is 3.58. The Morgan fingerprint density at radius 1 is 1.42 bits per heavy atom. The highest BCUT2D eigenvalue weighted by Crippen LogP contribution is 2.11. The first-order valence-electron chi connectivity index (χ1n) is 6.86. The first-order chi connectivity index (χ1) is 9.19. The van der Waals surface area contributed by atoms with Gasteiger partial charge in [-0.1, -0.05) is 18.5 Å². The lowest BCUT2D eigenvalue weighted by molar-refractivity contribution is 0.0949. The molecule has 1 amide bonds. The minimum atomic E-state index is -0.0711. The fourth-order valence-corrected chi connectivity index (χ4v) is 2.53. The molecule has 1 aromatic heterocycles. The number of aromatic nitrogens is 1. The summed E-state index contributed by atoms with van der Waals surface area (Å²) in [5, 5.41) is 3.32. The van der Waals surface area contributed by atoms with Gasteiger partial charge >= 0.3 is 0 Å². The minimum absolute atomic E-state index is 0.0711. The molecule has 1 N–H and O–H groups in total. The molecule has 104 valence electrons. The highest BCUT2D eigenvalue weighted by molar-refractivity contribution is 6.29. The van der Waals surface area contributed by atoms with Crippen LogP contribution in [-0.2, 0) is 6.42 Å². The predicted molar refractivity (Wildman–Crippen MR) is 76.6 cm³/mol. The van der Waals surface area contributed by atoms with Crippen LogP contribution in [0, 0.1) is 0 Å². The predicted octanol–water partition coefficient (Wildman–Crippen LogP) is 2.12. The molecular formula is C14H20ClN3O. The number of halogens is 1. The summed E-state index contributed by atoms with van der Waals surface area (Å²) in [4.78, 5) is 18.6. The zero-order valence-electron chi connectivity index (χ0n) is 11.3. The number of pyridine rings is 1. The summed E-state index contributed by atoms with van der Waals surface area (Å²) < 4.78 is 0. The Morgan fingerprint density at radius 2 is 2.16 bits per heavy atom. The van der Waals surface area contributed by atoms with Crippen LogP contribution in [0.2, 0.25) is 5.15 Å². The Balaban J connectivity index is 1.86. The van der Waals surface area contributed by atoms with E-state index in [1.54, 1.807) is 12.1 Å². The second-order valence-corrected chi connectivity index (χ2v) is 5.22. The molecule has 0 bridgehead atoms. The number of nitrogens with one attached hydrogen (secondary N) is 1. The lowest BCUT2D eigenvalue weighted by Gasteiger charge is -2.14. The van der Waals surface area contributed by atoms with E-state index < -0.39 is 0 Å². The van der Waals surface area contributed by atoms with Crippen LogP contribution in [0.5, 0.6) is 0 Å². The lowest BCUT2D eigenvalue weighted by Crippen LogP contribution is -2.33. The van der Waals surface area contributed by atoms with Crippen molar-refractivity contribution in [1.29, 1.82) is 0 Å². The molecule has 2 heterocycles. The number of carbonyl (C=O) groups is 1. The summed E-state index contributed by atoms with van der Waals surface area (Å²) in [6.07, 6.45) is 3.32. The van der Waals surface area contributed by atoms with Gasteiger partial charge in [-0.2, -0.15) is 0 Å². The fourth-order valence-electron chi connectivity index (χ4n) is 2.30. The van der Waals surface area contributed by atoms with E-state index in [1.165, 1.54) is 12.8 Å². The van der Waals surface area contributed by atoms with Crippen molar-refractivity contribution in [3.05, 3.63) is 28.5 Å². The Morgan fingerprint density at radius 3 is 2.84 bits per heavy atom. The van der Waals surface area contributed by atoms with Crippen molar-refractivity contribution in [3.63, 3.8) is 0 Å². The number of likely N-dealkylation sites (tertiary alicyclic amines) is 1. The van der Waals surface area contributed by atoms with E-state index in [0.29, 0.717) is 17.3 Å². The molecule has 1 saturated heterocycles. The molecule has 0 unspecified atom stereocenters. The van der Waals surface area contributed by atoms with Crippen molar-refractivity contribution >= 4 is 17.5 Å². The van der Waals surface area contributed by atoms with E-state index in [0.717, 1.165) is 31.7 Å². The van der Waals surface area contributed by atoms with Crippen LogP contribution < -0.4 is 5.32 Å². The smallest absolute Gasteiger partial charge is 0.251 e. The van der Waals surface area contributed by atoms with Crippen LogP contribution >= 0.6 is 11.6 Å². The SMILES string of the molecule is CCc1cc(C(=O)NCCN2CCCC2)cc(Cl)n1. The van der Waals surface area contributed by atoms with Gasteiger partial charge in [0.2, 0.25) is 0 Å². The molecule has 0 aliphatic carbocycles. The van der Waals surface area contributed by atoms with E-state index in [9.17, 15) is 4.79 Å². The maximum Gasteiger partial charge on any atom is 0.251 e. The third-order valence-electron chi connectivity index (χ3n) is 3.38. The summed E-state index contributed by atoms with van der Waals surface area (Å²) >= 11 is 5.91. The molecule has 2 rings (SSSR count). The fraction of sp³-hybridized carbons (Fsp3) is 0.571. The van der Waals surface area contributed by atoms with Gasteiger partial charge in [-0.05, 0) is 44.5 Å². The molecule has 19 heavy (non-hydrogen) atoms. The molecule has 5 heteroatoms. The van der Waals surface area contributed by atoms with Gasteiger partial charge in [-0.25, -0.2) is 4.98 Å². The molecule has 1 aliphatic heterocycles. The molecule has 4 nitrogen and oxygen atoms in total. The van der Waals surface area contributed by atoms with Crippen LogP contribution in [0.4, 0.5) is 0 Å². The number of rotatable bonds is 5. The molecule has 1 aliphatic rings. The topological polar surface area (TPSA) is 45.2 Å². The summed E-state index contributed by atoms with van der Waals surface area (Å²) in [7, 11) is 0. The highest BCUT2D eigenvalue weighted by atomic mass is 35.5. The van der Waals surface area contributed by atoms with Crippen LogP contribution in [0.15, 0.2) is 12.1 Å². The molecule has 1 aromatic rings. The van der Waals surface area contributed by atoms with E-state index in [2.05, 4.69) is 15.2 Å². The maximum absolute atomic E-state index is 12.0. The average Bonchev–Trinajstić information content (AvgIpc) is 2.91. The standard InChI is InChI=1S/C14H20ClN3O/c1-2-12-9-11(10-13(15)17-12)14(19)16-5-8-18-6-3-4-7-18/h9-10H,2-8H2,1H3,(H,16,19). The van der Waals surface area contributed by atoms with Gasteiger partial charge in [0.1, 0.15) is 5.15 Å². The van der Waals surface area contributed by atoms with Crippen molar-refractivity contribution in [1.82, 2.24) is 15.2 Å².